The molecule has 24 heavy (non-hydrogen) atoms. The van der Waals surface area contributed by atoms with Crippen molar-refractivity contribution in [1.82, 2.24) is 5.32 Å². The van der Waals surface area contributed by atoms with E-state index in [0.717, 1.165) is 25.7 Å². The topological polar surface area (TPSA) is 99.9 Å². The molecule has 0 aromatic carbocycles. The molecule has 7 nitrogen and oxygen atoms in total. The highest BCUT2D eigenvalue weighted by Gasteiger charge is 2.21. The van der Waals surface area contributed by atoms with E-state index in [1.54, 1.807) is 13.1 Å². The molecule has 128 valence electrons. The van der Waals surface area contributed by atoms with E-state index in [0.29, 0.717) is 9.70 Å². The van der Waals surface area contributed by atoms with Crippen LogP contribution >= 0.6 is 11.3 Å². The Balaban J connectivity index is 1.81. The number of carboxylic acids is 1. The lowest BCUT2D eigenvalue weighted by atomic mass is 9.96. The van der Waals surface area contributed by atoms with Gasteiger partial charge in [-0.15, -0.1) is 11.3 Å². The standard InChI is InChI=1S/C16H18N2O5S/c1-18(16(22)17-9-5-3-2-4-6-9)13-8-11-12(24-13)7-10(14(19)20)15(21)23-11/h7-9H,2-6H2,1H3,(H,17,22)(H,19,20). The minimum Gasteiger partial charge on any atom is -0.477 e. The molecule has 2 heterocycles. The Hall–Kier alpha value is -2.35. The molecule has 0 atom stereocenters. The van der Waals surface area contributed by atoms with E-state index in [1.807, 2.05) is 0 Å². The highest BCUT2D eigenvalue weighted by atomic mass is 32.1. The normalized spacial score (nSPS) is 15.4. The molecule has 0 radical (unpaired) electrons. The van der Waals surface area contributed by atoms with Crippen LogP contribution in [0.3, 0.4) is 0 Å². The fourth-order valence-corrected chi connectivity index (χ4v) is 3.82. The number of thiophene rings is 1. The number of nitrogens with zero attached hydrogens (tertiary/aromatic N) is 1. The molecule has 0 unspecified atom stereocenters. The quantitative estimate of drug-likeness (QED) is 0.886. The first kappa shape index (κ1) is 16.5. The zero-order valence-corrected chi connectivity index (χ0v) is 14.0. The Morgan fingerprint density at radius 2 is 2.00 bits per heavy atom. The van der Waals surface area contributed by atoms with Crippen molar-refractivity contribution < 1.29 is 19.1 Å². The number of nitrogens with one attached hydrogen (secondary N) is 1. The van der Waals surface area contributed by atoms with Gasteiger partial charge in [0.15, 0.2) is 5.58 Å². The van der Waals surface area contributed by atoms with E-state index in [4.69, 9.17) is 9.52 Å². The summed E-state index contributed by atoms with van der Waals surface area (Å²) in [7, 11) is 1.64. The molecule has 2 aromatic heterocycles. The third kappa shape index (κ3) is 3.28. The second-order valence-corrected chi connectivity index (χ2v) is 6.97. The largest absolute Gasteiger partial charge is 0.477 e. The van der Waals surface area contributed by atoms with Crippen LogP contribution in [0.15, 0.2) is 21.3 Å². The Bertz CT molecular complexity index is 835. The zero-order chi connectivity index (χ0) is 17.3. The van der Waals surface area contributed by atoms with Gasteiger partial charge in [-0.2, -0.15) is 0 Å². The van der Waals surface area contributed by atoms with E-state index >= 15 is 0 Å². The second-order valence-electron chi connectivity index (χ2n) is 5.91. The Morgan fingerprint density at radius 3 is 2.67 bits per heavy atom. The minimum absolute atomic E-state index is 0.194. The van der Waals surface area contributed by atoms with Crippen LogP contribution in [-0.4, -0.2) is 30.2 Å². The summed E-state index contributed by atoms with van der Waals surface area (Å²) in [6, 6.07) is 2.84. The van der Waals surface area contributed by atoms with Crippen molar-refractivity contribution in [3.63, 3.8) is 0 Å². The smallest absolute Gasteiger partial charge is 0.351 e. The molecule has 8 heteroatoms. The second kappa shape index (κ2) is 6.64. The first-order chi connectivity index (χ1) is 11.5. The molecule has 1 fully saturated rings. The number of fused-ring (bicyclic) bond motifs is 1. The average Bonchev–Trinajstić information content (AvgIpc) is 2.96. The zero-order valence-electron chi connectivity index (χ0n) is 13.2. The minimum atomic E-state index is -1.33. The van der Waals surface area contributed by atoms with Gasteiger partial charge in [-0.05, 0) is 18.9 Å². The molecule has 2 amide bonds. The van der Waals surface area contributed by atoms with Crippen molar-refractivity contribution in [2.24, 2.45) is 0 Å². The van der Waals surface area contributed by atoms with E-state index in [-0.39, 0.29) is 17.7 Å². The summed E-state index contributed by atoms with van der Waals surface area (Å²) in [6.07, 6.45) is 5.44. The fourth-order valence-electron chi connectivity index (χ4n) is 2.83. The lowest BCUT2D eigenvalue weighted by Crippen LogP contribution is -2.43. The molecule has 1 saturated carbocycles. The molecule has 0 aliphatic heterocycles. The summed E-state index contributed by atoms with van der Waals surface area (Å²) in [5, 5.41) is 12.6. The van der Waals surface area contributed by atoms with E-state index < -0.39 is 17.2 Å². The molecule has 3 rings (SSSR count). The van der Waals surface area contributed by atoms with Gasteiger partial charge in [-0.1, -0.05) is 19.3 Å². The lowest BCUT2D eigenvalue weighted by molar-refractivity contribution is 0.0692. The number of amides is 2. The van der Waals surface area contributed by atoms with E-state index in [2.05, 4.69) is 5.32 Å². The summed E-state index contributed by atoms with van der Waals surface area (Å²) >= 11 is 1.21. The van der Waals surface area contributed by atoms with Gasteiger partial charge in [0.2, 0.25) is 0 Å². The fraction of sp³-hybridized carbons (Fsp3) is 0.438. The highest BCUT2D eigenvalue weighted by Crippen LogP contribution is 2.32. The predicted molar refractivity (Wildman–Crippen MR) is 91.1 cm³/mol. The first-order valence-corrected chi connectivity index (χ1v) is 8.62. The summed E-state index contributed by atoms with van der Waals surface area (Å²) in [5.74, 6) is -1.33. The van der Waals surface area contributed by atoms with Gasteiger partial charge < -0.3 is 14.8 Å². The summed E-state index contributed by atoms with van der Waals surface area (Å²) in [4.78, 5) is 36.4. The number of carbonyl (C=O) groups excluding carboxylic acids is 1. The summed E-state index contributed by atoms with van der Waals surface area (Å²) in [5.41, 5.74) is -1.03. The van der Waals surface area contributed by atoms with Crippen molar-refractivity contribution in [2.45, 2.75) is 38.1 Å². The van der Waals surface area contributed by atoms with Gasteiger partial charge in [0.05, 0.1) is 4.70 Å². The van der Waals surface area contributed by atoms with Crippen molar-refractivity contribution in [2.75, 3.05) is 11.9 Å². The van der Waals surface area contributed by atoms with Crippen LogP contribution in [0.1, 0.15) is 42.5 Å². The van der Waals surface area contributed by atoms with Crippen LogP contribution in [0.2, 0.25) is 0 Å². The highest BCUT2D eigenvalue weighted by molar-refractivity contribution is 7.22. The van der Waals surface area contributed by atoms with Crippen LogP contribution < -0.4 is 15.8 Å². The van der Waals surface area contributed by atoms with Crippen molar-refractivity contribution >= 4 is 38.6 Å². The van der Waals surface area contributed by atoms with E-state index in [9.17, 15) is 14.4 Å². The molecule has 1 aliphatic carbocycles. The van der Waals surface area contributed by atoms with Gasteiger partial charge in [0.1, 0.15) is 10.6 Å². The molecular formula is C16H18N2O5S. The van der Waals surface area contributed by atoms with Crippen LogP contribution in [0.25, 0.3) is 10.3 Å². The van der Waals surface area contributed by atoms with Crippen molar-refractivity contribution in [1.29, 1.82) is 0 Å². The number of hydrogen-bond acceptors (Lipinski definition) is 5. The van der Waals surface area contributed by atoms with Gasteiger partial charge >= 0.3 is 17.6 Å². The first-order valence-electron chi connectivity index (χ1n) is 7.81. The Labute approximate surface area is 141 Å². The molecule has 0 spiro atoms. The third-order valence-corrected chi connectivity index (χ3v) is 5.35. The Kier molecular flexibility index (Phi) is 4.57. The molecular weight excluding hydrogens is 332 g/mol. The monoisotopic (exact) mass is 350 g/mol. The molecule has 2 aromatic rings. The van der Waals surface area contributed by atoms with Crippen LogP contribution in [0.5, 0.6) is 0 Å². The van der Waals surface area contributed by atoms with Gasteiger partial charge in [-0.25, -0.2) is 14.4 Å². The maximum absolute atomic E-state index is 12.4. The number of carbonyl (C=O) groups is 2. The van der Waals surface area contributed by atoms with Crippen LogP contribution in [-0.2, 0) is 0 Å². The molecule has 0 bridgehead atoms. The van der Waals surface area contributed by atoms with Gasteiger partial charge in [0, 0.05) is 19.2 Å². The number of hydrogen-bond donors (Lipinski definition) is 2. The predicted octanol–water partition coefficient (Wildman–Crippen LogP) is 3.03. The SMILES string of the molecule is CN(C(=O)NC1CCCCC1)c1cc2oc(=O)c(C(=O)O)cc2s1. The van der Waals surface area contributed by atoms with E-state index in [1.165, 1.54) is 28.7 Å². The average molecular weight is 350 g/mol. The third-order valence-electron chi connectivity index (χ3n) is 4.21. The molecule has 1 aliphatic rings. The van der Waals surface area contributed by atoms with Crippen molar-refractivity contribution in [3.05, 3.63) is 28.1 Å². The van der Waals surface area contributed by atoms with Crippen LogP contribution in [0.4, 0.5) is 9.80 Å². The van der Waals surface area contributed by atoms with Gasteiger partial charge in [0.25, 0.3) is 0 Å². The van der Waals surface area contributed by atoms with Gasteiger partial charge in [-0.3, -0.25) is 4.90 Å². The van der Waals surface area contributed by atoms with Crippen LogP contribution in [0, 0.1) is 0 Å². The number of anilines is 1. The number of rotatable bonds is 3. The molecule has 0 saturated heterocycles. The molecule has 2 N–H and O–H groups in total. The van der Waals surface area contributed by atoms with Crippen molar-refractivity contribution in [3.8, 4) is 0 Å². The number of urea groups is 1. The summed E-state index contributed by atoms with van der Waals surface area (Å²) < 4.78 is 5.54. The summed E-state index contributed by atoms with van der Waals surface area (Å²) in [6.45, 7) is 0. The Morgan fingerprint density at radius 1 is 1.29 bits per heavy atom. The maximum Gasteiger partial charge on any atom is 0.351 e. The lowest BCUT2D eigenvalue weighted by Gasteiger charge is -2.25. The number of aromatic carboxylic acids is 1. The maximum atomic E-state index is 12.4. The number of carboxylic acid groups (broad SMARTS) is 1.